The van der Waals surface area contributed by atoms with Crippen LogP contribution < -0.4 is 10.6 Å². The average molecular weight is 422 g/mol. The molecule has 0 aromatic heterocycles. The maximum absolute atomic E-state index is 11.7. The number of hydrogen-bond donors (Lipinski definition) is 2. The molecule has 0 radical (unpaired) electrons. The molecule has 2 fully saturated rings. The van der Waals surface area contributed by atoms with E-state index in [1.54, 1.807) is 19.0 Å². The lowest BCUT2D eigenvalue weighted by Gasteiger charge is -2.30. The highest BCUT2D eigenvalue weighted by molar-refractivity contribution is 14.0. The fraction of sp³-hybridized carbons (Fsp3) is 0.875. The van der Waals surface area contributed by atoms with Crippen molar-refractivity contribution in [2.75, 3.05) is 20.6 Å². The van der Waals surface area contributed by atoms with E-state index in [0.29, 0.717) is 12.1 Å². The number of guanidine groups is 1. The number of amides is 1. The van der Waals surface area contributed by atoms with Gasteiger partial charge in [0.15, 0.2) is 5.96 Å². The molecule has 0 aromatic carbocycles. The maximum atomic E-state index is 11.7. The van der Waals surface area contributed by atoms with Gasteiger partial charge in [-0.15, -0.1) is 24.0 Å². The Hall–Kier alpha value is -0.530. The summed E-state index contributed by atoms with van der Waals surface area (Å²) in [6, 6.07) is 1.06. The van der Waals surface area contributed by atoms with E-state index >= 15 is 0 Å². The summed E-state index contributed by atoms with van der Waals surface area (Å²) in [6.45, 7) is 2.50. The molecule has 2 atom stereocenters. The summed E-state index contributed by atoms with van der Waals surface area (Å²) in [5.41, 5.74) is 0. The largest absolute Gasteiger partial charge is 0.354 e. The Morgan fingerprint density at radius 1 is 1.14 bits per heavy atom. The van der Waals surface area contributed by atoms with Crippen molar-refractivity contribution in [3.8, 4) is 0 Å². The number of carbonyl (C=O) groups is 1. The number of nitrogens with zero attached hydrogens (tertiary/aromatic N) is 2. The first-order valence-corrected chi connectivity index (χ1v) is 8.36. The van der Waals surface area contributed by atoms with Crippen LogP contribution in [0.1, 0.15) is 51.9 Å². The number of nitrogens with one attached hydrogen (secondary N) is 2. The number of rotatable bonds is 5. The van der Waals surface area contributed by atoms with Gasteiger partial charge in [-0.1, -0.05) is 26.2 Å². The van der Waals surface area contributed by atoms with Crippen LogP contribution in [0.4, 0.5) is 0 Å². The quantitative estimate of drug-likeness (QED) is 0.406. The van der Waals surface area contributed by atoms with Gasteiger partial charge < -0.3 is 15.5 Å². The van der Waals surface area contributed by atoms with E-state index < -0.39 is 0 Å². The second-order valence-corrected chi connectivity index (χ2v) is 6.65. The summed E-state index contributed by atoms with van der Waals surface area (Å²) in [5.74, 6) is 1.71. The summed E-state index contributed by atoms with van der Waals surface area (Å²) in [6.07, 6.45) is 8.78. The highest BCUT2D eigenvalue weighted by Crippen LogP contribution is 2.26. The molecular formula is C16H31IN4O. The average Bonchev–Trinajstić information content (AvgIpc) is 3.28. The number of hydrogen-bond acceptors (Lipinski definition) is 2. The zero-order valence-corrected chi connectivity index (χ0v) is 16.4. The third-order valence-electron chi connectivity index (χ3n) is 4.49. The topological polar surface area (TPSA) is 56.7 Å². The second kappa shape index (κ2) is 9.57. The number of likely N-dealkylation sites (N-methyl/N-ethyl adjacent to an activating group) is 1. The van der Waals surface area contributed by atoms with Crippen molar-refractivity contribution in [3.05, 3.63) is 0 Å². The zero-order valence-electron chi connectivity index (χ0n) is 14.1. The molecule has 0 aromatic rings. The lowest BCUT2D eigenvalue weighted by Crippen LogP contribution is -2.46. The van der Waals surface area contributed by atoms with Crippen LogP contribution in [0.3, 0.4) is 0 Å². The molecule has 2 aliphatic carbocycles. The van der Waals surface area contributed by atoms with E-state index in [0.717, 1.165) is 11.9 Å². The fourth-order valence-corrected chi connectivity index (χ4v) is 2.83. The van der Waals surface area contributed by atoms with E-state index in [-0.39, 0.29) is 36.4 Å². The second-order valence-electron chi connectivity index (χ2n) is 6.65. The van der Waals surface area contributed by atoms with E-state index in [9.17, 15) is 4.79 Å². The minimum absolute atomic E-state index is 0. The molecule has 0 heterocycles. The molecule has 2 rings (SSSR count). The molecule has 5 nitrogen and oxygen atoms in total. The third kappa shape index (κ3) is 6.71. The zero-order chi connectivity index (χ0) is 15.2. The van der Waals surface area contributed by atoms with Crippen molar-refractivity contribution in [2.24, 2.45) is 10.9 Å². The maximum Gasteiger partial charge on any atom is 0.243 e. The Morgan fingerprint density at radius 3 is 2.41 bits per heavy atom. The minimum Gasteiger partial charge on any atom is -0.354 e. The van der Waals surface area contributed by atoms with Crippen LogP contribution in [0.15, 0.2) is 4.99 Å². The molecule has 2 saturated carbocycles. The van der Waals surface area contributed by atoms with Crippen molar-refractivity contribution < 1.29 is 4.79 Å². The van der Waals surface area contributed by atoms with Crippen LogP contribution in [0.5, 0.6) is 0 Å². The molecule has 0 spiro atoms. The predicted molar refractivity (Wildman–Crippen MR) is 102 cm³/mol. The molecule has 2 aliphatic rings. The first-order chi connectivity index (χ1) is 10.1. The third-order valence-corrected chi connectivity index (χ3v) is 4.49. The van der Waals surface area contributed by atoms with Crippen molar-refractivity contribution in [1.29, 1.82) is 0 Å². The molecule has 0 saturated heterocycles. The lowest BCUT2D eigenvalue weighted by molar-refractivity contribution is -0.127. The summed E-state index contributed by atoms with van der Waals surface area (Å²) in [7, 11) is 3.54. The predicted octanol–water partition coefficient (Wildman–Crippen LogP) is 2.36. The van der Waals surface area contributed by atoms with Gasteiger partial charge in [0, 0.05) is 26.2 Å². The van der Waals surface area contributed by atoms with Gasteiger partial charge in [0.1, 0.15) is 6.54 Å². The Balaban J connectivity index is 0.00000242. The van der Waals surface area contributed by atoms with Crippen LogP contribution >= 0.6 is 24.0 Å². The minimum atomic E-state index is 0. The summed E-state index contributed by atoms with van der Waals surface area (Å²) < 4.78 is 0. The SMILES string of the molecule is CCC1CCCC(NC(=NCC(=O)N(C)C)NC2CC2)C1.I. The van der Waals surface area contributed by atoms with Crippen LogP contribution in [0, 0.1) is 5.92 Å². The van der Waals surface area contributed by atoms with Crippen LogP contribution in [0.25, 0.3) is 0 Å². The van der Waals surface area contributed by atoms with Crippen LogP contribution in [-0.2, 0) is 4.79 Å². The van der Waals surface area contributed by atoms with Crippen LogP contribution in [-0.4, -0.2) is 49.5 Å². The van der Waals surface area contributed by atoms with Crippen molar-refractivity contribution in [1.82, 2.24) is 15.5 Å². The number of aliphatic imine (C=N–C) groups is 1. The van der Waals surface area contributed by atoms with Crippen molar-refractivity contribution in [3.63, 3.8) is 0 Å². The Kier molecular flexibility index (Phi) is 8.49. The van der Waals surface area contributed by atoms with Gasteiger partial charge in [0.05, 0.1) is 0 Å². The molecule has 2 N–H and O–H groups in total. The molecule has 0 aliphatic heterocycles. The molecule has 6 heteroatoms. The first kappa shape index (κ1) is 19.5. The highest BCUT2D eigenvalue weighted by Gasteiger charge is 2.25. The number of halogens is 1. The summed E-state index contributed by atoms with van der Waals surface area (Å²) >= 11 is 0. The number of carbonyl (C=O) groups excluding carboxylic acids is 1. The van der Waals surface area contributed by atoms with Gasteiger partial charge in [-0.25, -0.2) is 4.99 Å². The van der Waals surface area contributed by atoms with Crippen molar-refractivity contribution >= 4 is 35.8 Å². The van der Waals surface area contributed by atoms with E-state index in [1.165, 1.54) is 44.9 Å². The van der Waals surface area contributed by atoms with E-state index in [4.69, 9.17) is 0 Å². The normalized spacial score (nSPS) is 25.1. The lowest BCUT2D eigenvalue weighted by atomic mass is 9.84. The summed E-state index contributed by atoms with van der Waals surface area (Å²) in [5, 5.41) is 6.99. The molecular weight excluding hydrogens is 391 g/mol. The van der Waals surface area contributed by atoms with Crippen LogP contribution in [0.2, 0.25) is 0 Å². The standard InChI is InChI=1S/C16H30N4O.HI/c1-4-12-6-5-7-14(10-12)19-16(18-13-8-9-13)17-11-15(21)20(2)3;/h12-14H,4-11H2,1-3H3,(H2,17,18,19);1H. The Labute approximate surface area is 151 Å². The van der Waals surface area contributed by atoms with Gasteiger partial charge in [-0.3, -0.25) is 4.79 Å². The summed E-state index contributed by atoms with van der Waals surface area (Å²) in [4.78, 5) is 17.8. The Morgan fingerprint density at radius 2 is 1.82 bits per heavy atom. The molecule has 128 valence electrons. The monoisotopic (exact) mass is 422 g/mol. The van der Waals surface area contributed by atoms with Gasteiger partial charge in [-0.05, 0) is 31.6 Å². The van der Waals surface area contributed by atoms with Gasteiger partial charge in [-0.2, -0.15) is 0 Å². The van der Waals surface area contributed by atoms with E-state index in [2.05, 4.69) is 22.5 Å². The molecule has 0 bridgehead atoms. The van der Waals surface area contributed by atoms with Gasteiger partial charge in [0.25, 0.3) is 0 Å². The fourth-order valence-electron chi connectivity index (χ4n) is 2.83. The first-order valence-electron chi connectivity index (χ1n) is 8.36. The highest BCUT2D eigenvalue weighted by atomic mass is 127. The van der Waals surface area contributed by atoms with Crippen molar-refractivity contribution in [2.45, 2.75) is 64.0 Å². The Bertz CT molecular complexity index is 382. The molecule has 2 unspecified atom stereocenters. The molecule has 22 heavy (non-hydrogen) atoms. The van der Waals surface area contributed by atoms with E-state index in [1.807, 2.05) is 0 Å². The molecule has 1 amide bonds. The van der Waals surface area contributed by atoms with Gasteiger partial charge >= 0.3 is 0 Å². The smallest absolute Gasteiger partial charge is 0.243 e. The van der Waals surface area contributed by atoms with Gasteiger partial charge in [0.2, 0.25) is 5.91 Å².